The van der Waals surface area contributed by atoms with Crippen molar-refractivity contribution in [2.45, 2.75) is 71.8 Å². The quantitative estimate of drug-likeness (QED) is 0.636. The van der Waals surface area contributed by atoms with Gasteiger partial charge in [-0.2, -0.15) is 0 Å². The van der Waals surface area contributed by atoms with E-state index in [4.69, 9.17) is 11.5 Å². The number of hydrogen-bond acceptors (Lipinski definition) is 2. The molecular formula is C14H32N2. The minimum Gasteiger partial charge on any atom is -0.329 e. The van der Waals surface area contributed by atoms with E-state index in [1.54, 1.807) is 0 Å². The van der Waals surface area contributed by atoms with Crippen molar-refractivity contribution in [1.82, 2.24) is 0 Å². The average molecular weight is 228 g/mol. The van der Waals surface area contributed by atoms with E-state index in [1.807, 2.05) is 0 Å². The largest absolute Gasteiger partial charge is 0.329 e. The van der Waals surface area contributed by atoms with Gasteiger partial charge in [0.2, 0.25) is 0 Å². The zero-order valence-electron chi connectivity index (χ0n) is 11.8. The molecule has 0 rings (SSSR count). The van der Waals surface area contributed by atoms with Crippen LogP contribution in [0.2, 0.25) is 0 Å². The zero-order valence-corrected chi connectivity index (χ0v) is 11.8. The highest BCUT2D eigenvalue weighted by Gasteiger charge is 2.35. The van der Waals surface area contributed by atoms with E-state index in [1.165, 1.54) is 38.5 Å². The molecule has 0 bridgehead atoms. The van der Waals surface area contributed by atoms with Gasteiger partial charge in [-0.05, 0) is 24.7 Å². The predicted molar refractivity (Wildman–Crippen MR) is 73.4 cm³/mol. The van der Waals surface area contributed by atoms with Crippen molar-refractivity contribution in [2.24, 2.45) is 23.3 Å². The second-order valence-electron chi connectivity index (χ2n) is 5.40. The van der Waals surface area contributed by atoms with Gasteiger partial charge in [-0.25, -0.2) is 0 Å². The van der Waals surface area contributed by atoms with Gasteiger partial charge in [-0.15, -0.1) is 0 Å². The Labute approximate surface area is 102 Å². The topological polar surface area (TPSA) is 52.0 Å². The van der Waals surface area contributed by atoms with Crippen molar-refractivity contribution in [3.8, 4) is 0 Å². The summed E-state index contributed by atoms with van der Waals surface area (Å²) in [6.45, 7) is 9.61. The fourth-order valence-corrected chi connectivity index (χ4v) is 2.45. The molecule has 0 aliphatic heterocycles. The molecule has 2 nitrogen and oxygen atoms in total. The lowest BCUT2D eigenvalue weighted by molar-refractivity contribution is 0.182. The Bertz CT molecular complexity index is 154. The highest BCUT2D eigenvalue weighted by molar-refractivity contribution is 4.94. The van der Waals surface area contributed by atoms with E-state index >= 15 is 0 Å². The first kappa shape index (κ1) is 15.9. The van der Waals surface area contributed by atoms with Gasteiger partial charge in [0, 0.05) is 12.1 Å². The first-order chi connectivity index (χ1) is 7.52. The Kier molecular flexibility index (Phi) is 8.04. The third kappa shape index (κ3) is 4.42. The summed E-state index contributed by atoms with van der Waals surface area (Å²) < 4.78 is 0. The lowest BCUT2D eigenvalue weighted by Gasteiger charge is -2.40. The van der Waals surface area contributed by atoms with Crippen molar-refractivity contribution in [2.75, 3.05) is 6.54 Å². The summed E-state index contributed by atoms with van der Waals surface area (Å²) in [5.74, 6) is 1.06. The van der Waals surface area contributed by atoms with Crippen LogP contribution in [-0.4, -0.2) is 12.1 Å². The summed E-state index contributed by atoms with van der Waals surface area (Å²) in [6, 6.07) is 0. The molecule has 0 radical (unpaired) electrons. The van der Waals surface area contributed by atoms with Crippen molar-refractivity contribution in [1.29, 1.82) is 0 Å². The molecule has 0 fully saturated rings. The van der Waals surface area contributed by atoms with Gasteiger partial charge in [0.05, 0.1) is 0 Å². The second-order valence-corrected chi connectivity index (χ2v) is 5.40. The van der Waals surface area contributed by atoms with Gasteiger partial charge in [0.25, 0.3) is 0 Å². The molecule has 16 heavy (non-hydrogen) atoms. The third-order valence-corrected chi connectivity index (χ3v) is 4.17. The molecule has 0 amide bonds. The van der Waals surface area contributed by atoms with Crippen molar-refractivity contribution in [3.05, 3.63) is 0 Å². The zero-order chi connectivity index (χ0) is 12.6. The van der Waals surface area contributed by atoms with Gasteiger partial charge in [-0.1, -0.05) is 53.4 Å². The highest BCUT2D eigenvalue weighted by atomic mass is 14.8. The lowest BCUT2D eigenvalue weighted by atomic mass is 9.72. The smallest absolute Gasteiger partial charge is 0.0330 e. The minimum atomic E-state index is -0.162. The normalized spacial score (nSPS) is 19.1. The van der Waals surface area contributed by atoms with Gasteiger partial charge >= 0.3 is 0 Å². The Hall–Kier alpha value is -0.0800. The number of nitrogens with two attached hydrogens (primary N) is 2. The average Bonchev–Trinajstić information content (AvgIpc) is 2.31. The third-order valence-electron chi connectivity index (χ3n) is 4.17. The Morgan fingerprint density at radius 2 is 1.31 bits per heavy atom. The van der Waals surface area contributed by atoms with Gasteiger partial charge in [0.1, 0.15) is 0 Å². The van der Waals surface area contributed by atoms with E-state index in [9.17, 15) is 0 Å². The summed E-state index contributed by atoms with van der Waals surface area (Å²) >= 11 is 0. The number of hydrogen-bond donors (Lipinski definition) is 2. The van der Waals surface area contributed by atoms with Crippen LogP contribution in [0.15, 0.2) is 0 Å². The summed E-state index contributed by atoms with van der Waals surface area (Å²) in [7, 11) is 0. The Balaban J connectivity index is 4.36. The molecule has 2 atom stereocenters. The first-order valence-corrected chi connectivity index (χ1v) is 7.01. The molecule has 0 aromatic rings. The summed E-state index contributed by atoms with van der Waals surface area (Å²) in [5.41, 5.74) is 12.3. The maximum Gasteiger partial charge on any atom is 0.0330 e. The van der Waals surface area contributed by atoms with E-state index in [0.717, 1.165) is 0 Å². The van der Waals surface area contributed by atoms with Crippen LogP contribution < -0.4 is 11.5 Å². The summed E-state index contributed by atoms with van der Waals surface area (Å²) in [4.78, 5) is 0. The lowest BCUT2D eigenvalue weighted by Crippen LogP contribution is -2.57. The molecule has 98 valence electrons. The summed E-state index contributed by atoms with van der Waals surface area (Å²) in [6.07, 6.45) is 7.44. The van der Waals surface area contributed by atoms with E-state index in [0.29, 0.717) is 18.4 Å². The molecule has 0 heterocycles. The van der Waals surface area contributed by atoms with Crippen molar-refractivity contribution in [3.63, 3.8) is 0 Å². The first-order valence-electron chi connectivity index (χ1n) is 7.01. The Morgan fingerprint density at radius 3 is 1.56 bits per heavy atom. The van der Waals surface area contributed by atoms with Crippen LogP contribution in [0.3, 0.4) is 0 Å². The minimum absolute atomic E-state index is 0.162. The van der Waals surface area contributed by atoms with Gasteiger partial charge < -0.3 is 11.5 Å². The molecule has 0 saturated carbocycles. The number of rotatable bonds is 9. The van der Waals surface area contributed by atoms with Crippen LogP contribution in [0, 0.1) is 11.8 Å². The molecule has 0 aromatic carbocycles. The van der Waals surface area contributed by atoms with E-state index < -0.39 is 0 Å². The molecular weight excluding hydrogens is 196 g/mol. The fraction of sp³-hybridized carbons (Fsp3) is 1.00. The van der Waals surface area contributed by atoms with Crippen LogP contribution in [0.25, 0.3) is 0 Å². The maximum atomic E-state index is 6.54. The van der Waals surface area contributed by atoms with Crippen LogP contribution in [0.5, 0.6) is 0 Å². The van der Waals surface area contributed by atoms with Gasteiger partial charge in [-0.3, -0.25) is 0 Å². The molecule has 0 aromatic heterocycles. The molecule has 2 heteroatoms. The summed E-state index contributed by atoms with van der Waals surface area (Å²) in [5, 5.41) is 0. The predicted octanol–water partition coefficient (Wildman–Crippen LogP) is 3.30. The molecule has 0 aliphatic rings. The maximum absolute atomic E-state index is 6.54. The van der Waals surface area contributed by atoms with Crippen LogP contribution >= 0.6 is 0 Å². The number of unbranched alkanes of at least 4 members (excludes halogenated alkanes) is 2. The molecule has 0 saturated heterocycles. The Morgan fingerprint density at radius 1 is 0.938 bits per heavy atom. The molecule has 2 unspecified atom stereocenters. The fourth-order valence-electron chi connectivity index (χ4n) is 2.45. The standard InChI is InChI=1S/C14H32N2/c1-5-7-9-12(3)14(16,11-15)13(4)10-8-6-2/h12-13H,5-11,15-16H2,1-4H3. The highest BCUT2D eigenvalue weighted by Crippen LogP contribution is 2.30. The van der Waals surface area contributed by atoms with E-state index in [-0.39, 0.29) is 5.54 Å². The van der Waals surface area contributed by atoms with Crippen LogP contribution in [-0.2, 0) is 0 Å². The second kappa shape index (κ2) is 8.08. The van der Waals surface area contributed by atoms with Crippen LogP contribution in [0.1, 0.15) is 66.2 Å². The van der Waals surface area contributed by atoms with Crippen LogP contribution in [0.4, 0.5) is 0 Å². The van der Waals surface area contributed by atoms with Gasteiger partial charge in [0.15, 0.2) is 0 Å². The molecule has 4 N–H and O–H groups in total. The SMILES string of the molecule is CCCCC(C)C(N)(CN)C(C)CCCC. The molecule has 0 aliphatic carbocycles. The molecule has 0 spiro atoms. The monoisotopic (exact) mass is 228 g/mol. The van der Waals surface area contributed by atoms with Crippen molar-refractivity contribution < 1.29 is 0 Å². The van der Waals surface area contributed by atoms with E-state index in [2.05, 4.69) is 27.7 Å². The van der Waals surface area contributed by atoms with Crippen molar-refractivity contribution >= 4 is 0 Å².